The third kappa shape index (κ3) is 4.04. The second-order valence-corrected chi connectivity index (χ2v) is 8.95. The lowest BCUT2D eigenvalue weighted by Crippen LogP contribution is -2.30. The van der Waals surface area contributed by atoms with Crippen LogP contribution in [-0.2, 0) is 26.2 Å². The highest BCUT2D eigenvalue weighted by Crippen LogP contribution is 2.22. The molecular weight excluding hydrogens is 396 g/mol. The van der Waals surface area contributed by atoms with Gasteiger partial charge in [0.1, 0.15) is 18.2 Å². The van der Waals surface area contributed by atoms with Gasteiger partial charge in [0.2, 0.25) is 10.0 Å². The number of esters is 1. The predicted octanol–water partition coefficient (Wildman–Crippen LogP) is 3.47. The number of aromatic nitrogens is 1. The topological polar surface area (TPSA) is 85.4 Å². The monoisotopic (exact) mass is 412 g/mol. The highest BCUT2D eigenvalue weighted by molar-refractivity contribution is 7.89. The number of nitrogens with one attached hydrogen (secondary N) is 1. The molecule has 6 nitrogen and oxygen atoms in total. The molecule has 0 fully saturated rings. The molecule has 0 saturated carbocycles. The molecule has 0 bridgehead atoms. The van der Waals surface area contributed by atoms with E-state index in [1.54, 1.807) is 12.1 Å². The maximum absolute atomic E-state index is 12.4. The molecule has 142 valence electrons. The molecule has 4 rings (SSSR count). The molecule has 1 aromatic heterocycles. The SMILES string of the molecule is O=C(CNS(=O)(=O)c1ccc2ccccc2c1)OCc1nc2ccccc2s1. The van der Waals surface area contributed by atoms with Crippen LogP contribution in [0.15, 0.2) is 71.6 Å². The molecule has 0 atom stereocenters. The molecule has 28 heavy (non-hydrogen) atoms. The van der Waals surface area contributed by atoms with E-state index in [1.165, 1.54) is 17.4 Å². The first-order valence-corrected chi connectivity index (χ1v) is 10.8. The molecular formula is C20H16N2O4S2. The van der Waals surface area contributed by atoms with Crippen molar-refractivity contribution in [1.82, 2.24) is 9.71 Å². The molecule has 1 heterocycles. The van der Waals surface area contributed by atoms with Gasteiger partial charge in [-0.05, 0) is 35.0 Å². The number of para-hydroxylation sites is 1. The van der Waals surface area contributed by atoms with Crippen molar-refractivity contribution < 1.29 is 17.9 Å². The van der Waals surface area contributed by atoms with Gasteiger partial charge in [0.15, 0.2) is 0 Å². The van der Waals surface area contributed by atoms with E-state index in [2.05, 4.69) is 9.71 Å². The average molecular weight is 412 g/mol. The van der Waals surface area contributed by atoms with Crippen molar-refractivity contribution in [1.29, 1.82) is 0 Å². The first-order chi connectivity index (χ1) is 13.5. The van der Waals surface area contributed by atoms with E-state index in [1.807, 2.05) is 48.5 Å². The second kappa shape index (κ2) is 7.67. The van der Waals surface area contributed by atoms with Gasteiger partial charge in [-0.1, -0.05) is 42.5 Å². The largest absolute Gasteiger partial charge is 0.457 e. The summed E-state index contributed by atoms with van der Waals surface area (Å²) in [7, 11) is -3.81. The Morgan fingerprint density at radius 1 is 1.00 bits per heavy atom. The first-order valence-electron chi connectivity index (χ1n) is 8.50. The van der Waals surface area contributed by atoms with Crippen LogP contribution >= 0.6 is 11.3 Å². The Balaban J connectivity index is 1.37. The number of benzene rings is 3. The summed E-state index contributed by atoms with van der Waals surface area (Å²) in [5.41, 5.74) is 0.843. The van der Waals surface area contributed by atoms with Gasteiger partial charge < -0.3 is 4.74 Å². The van der Waals surface area contributed by atoms with Crippen LogP contribution in [0.25, 0.3) is 21.0 Å². The fraction of sp³-hybridized carbons (Fsp3) is 0.100. The van der Waals surface area contributed by atoms with Gasteiger partial charge in [0.05, 0.1) is 15.1 Å². The maximum Gasteiger partial charge on any atom is 0.321 e. The maximum atomic E-state index is 12.4. The molecule has 0 aliphatic carbocycles. The summed E-state index contributed by atoms with van der Waals surface area (Å²) in [5.74, 6) is -0.663. The molecule has 8 heteroatoms. The van der Waals surface area contributed by atoms with Crippen molar-refractivity contribution in [2.45, 2.75) is 11.5 Å². The smallest absolute Gasteiger partial charge is 0.321 e. The molecule has 3 aromatic carbocycles. The van der Waals surface area contributed by atoms with Crippen LogP contribution in [0.1, 0.15) is 5.01 Å². The molecule has 0 aliphatic heterocycles. The van der Waals surface area contributed by atoms with E-state index in [-0.39, 0.29) is 11.5 Å². The number of carbonyl (C=O) groups excluding carboxylic acids is 1. The molecule has 0 saturated heterocycles. The lowest BCUT2D eigenvalue weighted by molar-refractivity contribution is -0.143. The van der Waals surface area contributed by atoms with Crippen LogP contribution in [-0.4, -0.2) is 25.9 Å². The zero-order valence-electron chi connectivity index (χ0n) is 14.7. The predicted molar refractivity (Wildman–Crippen MR) is 109 cm³/mol. The summed E-state index contributed by atoms with van der Waals surface area (Å²) in [6, 6.07) is 19.9. The highest BCUT2D eigenvalue weighted by atomic mass is 32.2. The van der Waals surface area contributed by atoms with Gasteiger partial charge in [0.25, 0.3) is 0 Å². The number of sulfonamides is 1. The Bertz CT molecular complexity index is 1230. The lowest BCUT2D eigenvalue weighted by atomic mass is 10.1. The quantitative estimate of drug-likeness (QED) is 0.490. The fourth-order valence-corrected chi connectivity index (χ4v) is 4.63. The Morgan fingerprint density at radius 3 is 2.57 bits per heavy atom. The van der Waals surface area contributed by atoms with Crippen molar-refractivity contribution in [2.75, 3.05) is 6.54 Å². The van der Waals surface area contributed by atoms with Crippen LogP contribution in [0.3, 0.4) is 0 Å². The number of thiazole rings is 1. The summed E-state index contributed by atoms with van der Waals surface area (Å²) >= 11 is 1.43. The molecule has 4 aromatic rings. The van der Waals surface area contributed by atoms with Crippen LogP contribution in [0.2, 0.25) is 0 Å². The van der Waals surface area contributed by atoms with Crippen LogP contribution in [0, 0.1) is 0 Å². The second-order valence-electron chi connectivity index (χ2n) is 6.07. The average Bonchev–Trinajstić information content (AvgIpc) is 3.13. The molecule has 0 amide bonds. The van der Waals surface area contributed by atoms with Gasteiger partial charge in [-0.2, -0.15) is 4.72 Å². The van der Waals surface area contributed by atoms with Gasteiger partial charge in [-0.15, -0.1) is 11.3 Å². The van der Waals surface area contributed by atoms with E-state index >= 15 is 0 Å². The Morgan fingerprint density at radius 2 is 1.75 bits per heavy atom. The highest BCUT2D eigenvalue weighted by Gasteiger charge is 2.17. The summed E-state index contributed by atoms with van der Waals surface area (Å²) in [4.78, 5) is 16.4. The van der Waals surface area contributed by atoms with Crippen LogP contribution < -0.4 is 4.72 Å². The number of hydrogen-bond donors (Lipinski definition) is 1. The van der Waals surface area contributed by atoms with Gasteiger partial charge in [-0.3, -0.25) is 4.79 Å². The molecule has 0 unspecified atom stereocenters. The van der Waals surface area contributed by atoms with Crippen molar-refractivity contribution in [3.8, 4) is 0 Å². The Hall–Kier alpha value is -2.81. The van der Waals surface area contributed by atoms with Crippen LogP contribution in [0.5, 0.6) is 0 Å². The number of ether oxygens (including phenoxy) is 1. The minimum absolute atomic E-state index is 0.00980. The molecule has 0 radical (unpaired) electrons. The Kier molecular flexibility index (Phi) is 5.08. The molecule has 0 spiro atoms. The van der Waals surface area contributed by atoms with Crippen molar-refractivity contribution in [3.63, 3.8) is 0 Å². The van der Waals surface area contributed by atoms with Crippen LogP contribution in [0.4, 0.5) is 0 Å². The van der Waals surface area contributed by atoms with E-state index in [0.717, 1.165) is 21.0 Å². The number of nitrogens with zero attached hydrogens (tertiary/aromatic N) is 1. The van der Waals surface area contributed by atoms with Crippen molar-refractivity contribution >= 4 is 48.3 Å². The van der Waals surface area contributed by atoms with E-state index in [4.69, 9.17) is 4.74 Å². The number of hydrogen-bond acceptors (Lipinski definition) is 6. The summed E-state index contributed by atoms with van der Waals surface area (Å²) in [6.07, 6.45) is 0. The Labute approximate surface area is 165 Å². The first kappa shape index (κ1) is 18.5. The minimum atomic E-state index is -3.81. The zero-order valence-corrected chi connectivity index (χ0v) is 16.3. The van der Waals surface area contributed by atoms with E-state index in [0.29, 0.717) is 5.01 Å². The fourth-order valence-electron chi connectivity index (χ4n) is 2.75. The number of carbonyl (C=O) groups is 1. The van der Waals surface area contributed by atoms with E-state index < -0.39 is 22.5 Å². The third-order valence-electron chi connectivity index (χ3n) is 4.13. The summed E-state index contributed by atoms with van der Waals surface area (Å²) < 4.78 is 33.3. The van der Waals surface area contributed by atoms with Gasteiger partial charge >= 0.3 is 5.97 Å². The minimum Gasteiger partial charge on any atom is -0.457 e. The van der Waals surface area contributed by atoms with Crippen molar-refractivity contribution in [2.24, 2.45) is 0 Å². The lowest BCUT2D eigenvalue weighted by Gasteiger charge is -2.08. The van der Waals surface area contributed by atoms with E-state index in [9.17, 15) is 13.2 Å². The van der Waals surface area contributed by atoms with Crippen molar-refractivity contribution in [3.05, 3.63) is 71.7 Å². The number of fused-ring (bicyclic) bond motifs is 2. The standard InChI is InChI=1S/C20H16N2O4S2/c23-20(26-13-19-22-17-7-3-4-8-18(17)27-19)12-21-28(24,25)16-10-9-14-5-1-2-6-15(14)11-16/h1-11,21H,12-13H2. The molecule has 1 N–H and O–H groups in total. The zero-order chi connectivity index (χ0) is 19.6. The third-order valence-corrected chi connectivity index (χ3v) is 6.54. The molecule has 0 aliphatic rings. The summed E-state index contributed by atoms with van der Waals surface area (Å²) in [6.45, 7) is -0.435. The van der Waals surface area contributed by atoms with Gasteiger partial charge in [-0.25, -0.2) is 13.4 Å². The normalized spacial score (nSPS) is 11.7. The number of rotatable bonds is 6. The summed E-state index contributed by atoms with van der Waals surface area (Å²) in [5, 5.41) is 2.41. The van der Waals surface area contributed by atoms with Gasteiger partial charge in [0, 0.05) is 0 Å².